The number of rotatable bonds is 4. The quantitative estimate of drug-likeness (QED) is 0.607. The molecule has 0 nitrogen and oxygen atoms in total. The summed E-state index contributed by atoms with van der Waals surface area (Å²) in [4.78, 5) is 0.496. The van der Waals surface area contributed by atoms with Crippen LogP contribution in [0.2, 0.25) is 0 Å². The van der Waals surface area contributed by atoms with E-state index in [1.807, 2.05) is 6.07 Å². The van der Waals surface area contributed by atoms with Crippen molar-refractivity contribution in [2.45, 2.75) is 56.2 Å². The van der Waals surface area contributed by atoms with Crippen LogP contribution in [-0.4, -0.2) is 4.83 Å². The number of alkyl halides is 1. The summed E-state index contributed by atoms with van der Waals surface area (Å²) in [7, 11) is 0. The highest BCUT2D eigenvalue weighted by Gasteiger charge is 2.51. The fourth-order valence-corrected chi connectivity index (χ4v) is 7.06. The summed E-state index contributed by atoms with van der Waals surface area (Å²) in [6.45, 7) is 0. The average Bonchev–Trinajstić information content (AvgIpc) is 2.35. The van der Waals surface area contributed by atoms with Crippen LogP contribution in [0.3, 0.4) is 0 Å². The molecule has 1 atom stereocenters. The highest BCUT2D eigenvalue weighted by Crippen LogP contribution is 2.62. The maximum Gasteiger partial charge on any atom is 0.123 e. The largest absolute Gasteiger partial charge is 0.207 e. The molecule has 4 aliphatic rings. The summed E-state index contributed by atoms with van der Waals surface area (Å²) in [5.74, 6) is 2.95. The van der Waals surface area contributed by atoms with E-state index in [4.69, 9.17) is 0 Å². The molecule has 4 fully saturated rings. The van der Waals surface area contributed by atoms with Crippen molar-refractivity contribution in [1.82, 2.24) is 0 Å². The molecule has 0 aliphatic heterocycles. The van der Waals surface area contributed by atoms with Gasteiger partial charge in [-0.1, -0.05) is 28.1 Å². The van der Waals surface area contributed by atoms with Crippen molar-refractivity contribution in [1.29, 1.82) is 0 Å². The van der Waals surface area contributed by atoms with Gasteiger partial charge in [0.15, 0.2) is 0 Å². The molecule has 21 heavy (non-hydrogen) atoms. The Balaban J connectivity index is 1.43. The van der Waals surface area contributed by atoms with Gasteiger partial charge in [-0.05, 0) is 92.2 Å². The lowest BCUT2D eigenvalue weighted by Crippen LogP contribution is -2.47. The lowest BCUT2D eigenvalue weighted by Gasteiger charge is -2.57. The summed E-state index contributed by atoms with van der Waals surface area (Å²) in [6.07, 6.45) is 11.2. The van der Waals surface area contributed by atoms with Crippen molar-refractivity contribution in [3.05, 3.63) is 35.6 Å². The Morgan fingerprint density at radius 1 is 1.10 bits per heavy atom. The Morgan fingerprint density at radius 2 is 1.71 bits per heavy atom. The second-order valence-electron chi connectivity index (χ2n) is 8.05. The van der Waals surface area contributed by atoms with Crippen LogP contribution in [0, 0.1) is 29.0 Å². The van der Waals surface area contributed by atoms with Gasteiger partial charge in [-0.25, -0.2) is 4.39 Å². The minimum atomic E-state index is -0.109. The molecule has 1 aromatic carbocycles. The second-order valence-corrected chi connectivity index (χ2v) is 9.35. The first-order chi connectivity index (χ1) is 10.1. The zero-order valence-corrected chi connectivity index (χ0v) is 14.1. The van der Waals surface area contributed by atoms with Crippen LogP contribution in [0.15, 0.2) is 24.3 Å². The third-order valence-electron chi connectivity index (χ3n) is 6.17. The first kappa shape index (κ1) is 14.2. The van der Waals surface area contributed by atoms with Gasteiger partial charge in [0.05, 0.1) is 0 Å². The van der Waals surface area contributed by atoms with Crippen molar-refractivity contribution in [2.75, 3.05) is 0 Å². The van der Waals surface area contributed by atoms with Crippen molar-refractivity contribution in [2.24, 2.45) is 23.2 Å². The van der Waals surface area contributed by atoms with Gasteiger partial charge in [0.25, 0.3) is 0 Å². The molecule has 0 aromatic heterocycles. The Morgan fingerprint density at radius 3 is 2.29 bits per heavy atom. The first-order valence-electron chi connectivity index (χ1n) is 8.49. The standard InChI is InChI=1S/C19H24BrF/c20-17(7-13-2-1-3-18(21)8-13)12-19-9-14-4-15(10-19)6-16(5-14)11-19/h1-3,8,14-17H,4-7,9-12H2. The van der Waals surface area contributed by atoms with Crippen molar-refractivity contribution >= 4 is 15.9 Å². The van der Waals surface area contributed by atoms with Crippen LogP contribution in [-0.2, 0) is 6.42 Å². The van der Waals surface area contributed by atoms with Crippen molar-refractivity contribution in [3.8, 4) is 0 Å². The molecule has 1 unspecified atom stereocenters. The molecule has 0 spiro atoms. The topological polar surface area (TPSA) is 0 Å². The van der Waals surface area contributed by atoms with E-state index in [1.54, 1.807) is 6.07 Å². The SMILES string of the molecule is Fc1cccc(CC(Br)CC23CC4CC(CC(C4)C2)C3)c1. The van der Waals surface area contributed by atoms with Crippen LogP contribution in [0.1, 0.15) is 50.5 Å². The lowest BCUT2D eigenvalue weighted by atomic mass is 9.48. The molecule has 1 aromatic rings. The van der Waals surface area contributed by atoms with Crippen LogP contribution in [0.25, 0.3) is 0 Å². The third-order valence-corrected chi connectivity index (χ3v) is 6.81. The Labute approximate surface area is 135 Å². The molecule has 114 valence electrons. The lowest BCUT2D eigenvalue weighted by molar-refractivity contribution is -0.0569. The fraction of sp³-hybridized carbons (Fsp3) is 0.684. The minimum Gasteiger partial charge on any atom is -0.207 e. The van der Waals surface area contributed by atoms with Gasteiger partial charge in [-0.3, -0.25) is 0 Å². The van der Waals surface area contributed by atoms with E-state index < -0.39 is 0 Å². The Kier molecular flexibility index (Phi) is 3.64. The predicted octanol–water partition coefficient (Wildman–Crippen LogP) is 5.74. The molecule has 4 bridgehead atoms. The number of hydrogen-bond donors (Lipinski definition) is 0. The summed E-state index contributed by atoms with van der Waals surface area (Å²) >= 11 is 3.91. The molecular formula is C19H24BrF. The average molecular weight is 351 g/mol. The summed E-state index contributed by atoms with van der Waals surface area (Å²) in [5, 5.41) is 0. The van der Waals surface area contributed by atoms with E-state index in [9.17, 15) is 4.39 Å². The zero-order chi connectivity index (χ0) is 14.4. The van der Waals surface area contributed by atoms with Gasteiger partial charge in [-0.2, -0.15) is 0 Å². The van der Waals surface area contributed by atoms with E-state index in [1.165, 1.54) is 51.0 Å². The molecule has 5 rings (SSSR count). The first-order valence-corrected chi connectivity index (χ1v) is 9.40. The van der Waals surface area contributed by atoms with Crippen LogP contribution in [0.5, 0.6) is 0 Å². The molecule has 0 radical (unpaired) electrons. The van der Waals surface area contributed by atoms with E-state index in [-0.39, 0.29) is 5.82 Å². The van der Waals surface area contributed by atoms with Gasteiger partial charge in [0.1, 0.15) is 5.82 Å². The van der Waals surface area contributed by atoms with E-state index in [0.717, 1.165) is 29.7 Å². The minimum absolute atomic E-state index is 0.109. The third kappa shape index (κ3) is 2.93. The van der Waals surface area contributed by atoms with Crippen LogP contribution in [0.4, 0.5) is 4.39 Å². The predicted molar refractivity (Wildman–Crippen MR) is 88.0 cm³/mol. The van der Waals surface area contributed by atoms with Crippen molar-refractivity contribution in [3.63, 3.8) is 0 Å². The van der Waals surface area contributed by atoms with Gasteiger partial charge >= 0.3 is 0 Å². The van der Waals surface area contributed by atoms with Gasteiger partial charge in [0, 0.05) is 4.83 Å². The number of hydrogen-bond acceptors (Lipinski definition) is 0. The van der Waals surface area contributed by atoms with Gasteiger partial charge in [0.2, 0.25) is 0 Å². The molecule has 2 heteroatoms. The van der Waals surface area contributed by atoms with Crippen LogP contribution < -0.4 is 0 Å². The summed E-state index contributed by atoms with van der Waals surface area (Å²) < 4.78 is 13.3. The molecule has 4 aliphatic carbocycles. The van der Waals surface area contributed by atoms with Crippen LogP contribution >= 0.6 is 15.9 Å². The highest BCUT2D eigenvalue weighted by atomic mass is 79.9. The van der Waals surface area contributed by atoms with E-state index in [2.05, 4.69) is 22.0 Å². The summed E-state index contributed by atoms with van der Waals surface area (Å²) in [6, 6.07) is 7.10. The number of benzene rings is 1. The monoisotopic (exact) mass is 350 g/mol. The zero-order valence-electron chi connectivity index (χ0n) is 12.5. The molecule has 0 heterocycles. The normalized spacial score (nSPS) is 38.7. The van der Waals surface area contributed by atoms with E-state index in [0.29, 0.717) is 10.2 Å². The second kappa shape index (κ2) is 5.37. The van der Waals surface area contributed by atoms with E-state index >= 15 is 0 Å². The van der Waals surface area contributed by atoms with Gasteiger partial charge in [-0.15, -0.1) is 0 Å². The van der Waals surface area contributed by atoms with Gasteiger partial charge < -0.3 is 0 Å². The smallest absolute Gasteiger partial charge is 0.123 e. The van der Waals surface area contributed by atoms with Crippen molar-refractivity contribution < 1.29 is 4.39 Å². The molecular weight excluding hydrogens is 327 g/mol. The number of halogens is 2. The molecule has 0 N–H and O–H groups in total. The molecule has 4 saturated carbocycles. The molecule has 0 saturated heterocycles. The highest BCUT2D eigenvalue weighted by molar-refractivity contribution is 9.09. The maximum absolute atomic E-state index is 13.3. The fourth-order valence-electron chi connectivity index (χ4n) is 6.00. The Bertz CT molecular complexity index is 489. The molecule has 0 amide bonds. The summed E-state index contributed by atoms with van der Waals surface area (Å²) in [5.41, 5.74) is 1.73. The Hall–Kier alpha value is -0.370. The maximum atomic E-state index is 13.3.